The molecular formula is C25H32N2O5S. The first-order chi connectivity index (χ1) is 15.8. The van der Waals surface area contributed by atoms with Crippen LogP contribution in [0.3, 0.4) is 0 Å². The number of benzene rings is 2. The third kappa shape index (κ3) is 6.65. The Morgan fingerprint density at radius 3 is 2.42 bits per heavy atom. The van der Waals surface area contributed by atoms with Gasteiger partial charge in [0, 0.05) is 24.7 Å². The molecule has 1 fully saturated rings. The number of unbranched alkanes of at least 4 members (excludes halogenated alkanes) is 1. The molecule has 0 saturated carbocycles. The van der Waals surface area contributed by atoms with E-state index in [1.54, 1.807) is 48.5 Å². The number of sulfonamides is 1. The second-order valence-corrected chi connectivity index (χ2v) is 10.3. The summed E-state index contributed by atoms with van der Waals surface area (Å²) in [4.78, 5) is 25.0. The third-order valence-electron chi connectivity index (χ3n) is 5.76. The molecule has 1 atom stereocenters. The van der Waals surface area contributed by atoms with E-state index in [2.05, 4.69) is 5.32 Å². The fraction of sp³-hybridized carbons (Fsp3) is 0.440. The zero-order valence-electron chi connectivity index (χ0n) is 19.2. The molecule has 1 aliphatic heterocycles. The molecule has 3 rings (SSSR count). The smallest absolute Gasteiger partial charge is 0.338 e. The van der Waals surface area contributed by atoms with Crippen molar-refractivity contribution in [3.05, 3.63) is 59.7 Å². The molecule has 178 valence electrons. The van der Waals surface area contributed by atoms with Crippen LogP contribution in [-0.2, 0) is 19.6 Å². The van der Waals surface area contributed by atoms with Gasteiger partial charge in [-0.1, -0.05) is 37.5 Å². The lowest BCUT2D eigenvalue weighted by molar-refractivity contribution is -0.117. The summed E-state index contributed by atoms with van der Waals surface area (Å²) < 4.78 is 33.0. The number of hydrogen-bond acceptors (Lipinski definition) is 5. The number of ether oxygens (including phenoxy) is 1. The van der Waals surface area contributed by atoms with Crippen molar-refractivity contribution in [2.24, 2.45) is 0 Å². The molecular weight excluding hydrogens is 440 g/mol. The average molecular weight is 473 g/mol. The van der Waals surface area contributed by atoms with Gasteiger partial charge in [0.1, 0.15) is 0 Å². The SMILES string of the molecule is CCCCOC(=O)c1ccc(NC(=O)CC2CCCCN2S(=O)(=O)c2ccc(C)cc2)cc1. The highest BCUT2D eigenvalue weighted by atomic mass is 32.2. The highest BCUT2D eigenvalue weighted by molar-refractivity contribution is 7.89. The van der Waals surface area contributed by atoms with E-state index in [1.165, 1.54) is 4.31 Å². The van der Waals surface area contributed by atoms with Crippen molar-refractivity contribution in [3.8, 4) is 0 Å². The van der Waals surface area contributed by atoms with E-state index in [0.29, 0.717) is 30.8 Å². The Kier molecular flexibility index (Phi) is 8.63. The molecule has 33 heavy (non-hydrogen) atoms. The summed E-state index contributed by atoms with van der Waals surface area (Å²) in [6, 6.07) is 12.9. The Morgan fingerprint density at radius 1 is 1.06 bits per heavy atom. The van der Waals surface area contributed by atoms with E-state index in [9.17, 15) is 18.0 Å². The Bertz CT molecular complexity index is 1050. The Hall–Kier alpha value is -2.71. The predicted octanol–water partition coefficient (Wildman–Crippen LogP) is 4.52. The summed E-state index contributed by atoms with van der Waals surface area (Å²) >= 11 is 0. The van der Waals surface area contributed by atoms with E-state index in [4.69, 9.17) is 4.74 Å². The van der Waals surface area contributed by atoms with Gasteiger partial charge in [-0.2, -0.15) is 4.31 Å². The first kappa shape index (κ1) is 24.9. The van der Waals surface area contributed by atoms with Gasteiger partial charge in [0.25, 0.3) is 0 Å². The molecule has 8 heteroatoms. The number of rotatable bonds is 9. The predicted molar refractivity (Wildman–Crippen MR) is 128 cm³/mol. The highest BCUT2D eigenvalue weighted by Gasteiger charge is 2.34. The zero-order chi connectivity index (χ0) is 23.8. The third-order valence-corrected chi connectivity index (χ3v) is 7.72. The molecule has 1 amide bonds. The number of nitrogens with one attached hydrogen (secondary N) is 1. The van der Waals surface area contributed by atoms with Crippen LogP contribution in [0.1, 0.15) is 61.4 Å². The molecule has 1 saturated heterocycles. The Balaban J connectivity index is 1.62. The molecule has 0 radical (unpaired) electrons. The van der Waals surface area contributed by atoms with Gasteiger partial charge in [-0.05, 0) is 62.6 Å². The van der Waals surface area contributed by atoms with Gasteiger partial charge < -0.3 is 10.1 Å². The van der Waals surface area contributed by atoms with E-state index >= 15 is 0 Å². The number of aryl methyl sites for hydroxylation is 1. The van der Waals surface area contributed by atoms with Crippen LogP contribution in [0.4, 0.5) is 5.69 Å². The maximum Gasteiger partial charge on any atom is 0.338 e. The second-order valence-electron chi connectivity index (χ2n) is 8.40. The van der Waals surface area contributed by atoms with Gasteiger partial charge in [0.15, 0.2) is 0 Å². The summed E-state index contributed by atoms with van der Waals surface area (Å²) in [5.41, 5.74) is 1.96. The van der Waals surface area contributed by atoms with Crippen LogP contribution in [0.5, 0.6) is 0 Å². The number of esters is 1. The van der Waals surface area contributed by atoms with Crippen LogP contribution in [0.15, 0.2) is 53.4 Å². The minimum absolute atomic E-state index is 0.0753. The normalized spacial score (nSPS) is 16.8. The summed E-state index contributed by atoms with van der Waals surface area (Å²) in [6.45, 7) is 4.72. The average Bonchev–Trinajstić information content (AvgIpc) is 2.80. The van der Waals surface area contributed by atoms with Crippen LogP contribution in [0.25, 0.3) is 0 Å². The largest absolute Gasteiger partial charge is 0.462 e. The number of carbonyl (C=O) groups excluding carboxylic acids is 2. The van der Waals surface area contributed by atoms with Gasteiger partial charge in [0.05, 0.1) is 17.1 Å². The molecule has 0 aromatic heterocycles. The van der Waals surface area contributed by atoms with Gasteiger partial charge >= 0.3 is 5.97 Å². The maximum absolute atomic E-state index is 13.2. The minimum atomic E-state index is -3.67. The first-order valence-electron chi connectivity index (χ1n) is 11.5. The van der Waals surface area contributed by atoms with Crippen molar-refractivity contribution < 1.29 is 22.7 Å². The molecule has 1 unspecified atom stereocenters. The zero-order valence-corrected chi connectivity index (χ0v) is 20.1. The molecule has 1 heterocycles. The summed E-state index contributed by atoms with van der Waals surface area (Å²) in [7, 11) is -3.67. The van der Waals surface area contributed by atoms with E-state index < -0.39 is 16.1 Å². The second kappa shape index (κ2) is 11.4. The molecule has 0 bridgehead atoms. The summed E-state index contributed by atoms with van der Waals surface area (Å²) in [5, 5.41) is 2.81. The summed E-state index contributed by atoms with van der Waals surface area (Å²) in [5.74, 6) is -0.648. The van der Waals surface area contributed by atoms with E-state index in [-0.39, 0.29) is 23.2 Å². The minimum Gasteiger partial charge on any atom is -0.462 e. The van der Waals surface area contributed by atoms with Gasteiger partial charge in [-0.3, -0.25) is 4.79 Å². The van der Waals surface area contributed by atoms with Crippen LogP contribution in [-0.4, -0.2) is 43.8 Å². The summed E-state index contributed by atoms with van der Waals surface area (Å²) in [6.07, 6.45) is 4.14. The number of carbonyl (C=O) groups is 2. The number of anilines is 1. The van der Waals surface area contributed by atoms with Crippen LogP contribution in [0, 0.1) is 6.92 Å². The van der Waals surface area contributed by atoms with Gasteiger partial charge in [0.2, 0.25) is 15.9 Å². The Morgan fingerprint density at radius 2 is 1.76 bits per heavy atom. The molecule has 2 aromatic carbocycles. The van der Waals surface area contributed by atoms with Crippen molar-refractivity contribution in [1.82, 2.24) is 4.31 Å². The van der Waals surface area contributed by atoms with Crippen LogP contribution >= 0.6 is 0 Å². The van der Waals surface area contributed by atoms with Crippen molar-refractivity contribution in [2.75, 3.05) is 18.5 Å². The number of piperidine rings is 1. The quantitative estimate of drug-likeness (QED) is 0.428. The van der Waals surface area contributed by atoms with Crippen LogP contribution in [0.2, 0.25) is 0 Å². The molecule has 2 aromatic rings. The fourth-order valence-corrected chi connectivity index (χ4v) is 5.54. The Labute approximate surface area is 196 Å². The lowest BCUT2D eigenvalue weighted by Gasteiger charge is -2.34. The molecule has 0 spiro atoms. The van der Waals surface area contributed by atoms with Gasteiger partial charge in [-0.15, -0.1) is 0 Å². The number of hydrogen-bond donors (Lipinski definition) is 1. The van der Waals surface area contributed by atoms with Crippen molar-refractivity contribution in [2.45, 2.75) is 63.3 Å². The molecule has 1 N–H and O–H groups in total. The monoisotopic (exact) mass is 472 g/mol. The number of amides is 1. The molecule has 0 aliphatic carbocycles. The lowest BCUT2D eigenvalue weighted by atomic mass is 10.0. The van der Waals surface area contributed by atoms with E-state index in [0.717, 1.165) is 31.2 Å². The first-order valence-corrected chi connectivity index (χ1v) is 12.9. The van der Waals surface area contributed by atoms with Crippen LogP contribution < -0.4 is 5.32 Å². The van der Waals surface area contributed by atoms with E-state index in [1.807, 2.05) is 13.8 Å². The molecule has 1 aliphatic rings. The van der Waals surface area contributed by atoms with Crippen molar-refractivity contribution in [1.29, 1.82) is 0 Å². The van der Waals surface area contributed by atoms with Crippen molar-refractivity contribution in [3.63, 3.8) is 0 Å². The topological polar surface area (TPSA) is 92.8 Å². The fourth-order valence-electron chi connectivity index (χ4n) is 3.85. The lowest BCUT2D eigenvalue weighted by Crippen LogP contribution is -2.45. The molecule has 7 nitrogen and oxygen atoms in total. The maximum atomic E-state index is 13.2. The van der Waals surface area contributed by atoms with Gasteiger partial charge in [-0.25, -0.2) is 13.2 Å². The number of nitrogens with zero attached hydrogens (tertiary/aromatic N) is 1. The standard InChI is InChI=1S/C25H32N2O5S/c1-3-4-17-32-25(29)20-10-12-21(13-11-20)26-24(28)18-22-7-5-6-16-27(22)33(30,31)23-14-8-19(2)9-15-23/h8-15,22H,3-7,16-18H2,1-2H3,(H,26,28). The van der Waals surface area contributed by atoms with Crippen molar-refractivity contribution >= 4 is 27.6 Å². The highest BCUT2D eigenvalue weighted by Crippen LogP contribution is 2.27.